The molecule has 0 aliphatic heterocycles. The third-order valence-corrected chi connectivity index (χ3v) is 5.90. The summed E-state index contributed by atoms with van der Waals surface area (Å²) in [6.07, 6.45) is 0. The zero-order chi connectivity index (χ0) is 23.6. The van der Waals surface area contributed by atoms with Gasteiger partial charge in [0.25, 0.3) is 0 Å². The first-order valence-corrected chi connectivity index (χ1v) is 11.5. The van der Waals surface area contributed by atoms with Crippen LogP contribution in [-0.4, -0.2) is 39.6 Å². The molecule has 7 nitrogen and oxygen atoms in total. The lowest BCUT2D eigenvalue weighted by Gasteiger charge is -2.22. The molecule has 0 bridgehead atoms. The highest BCUT2D eigenvalue weighted by atomic mass is 32.1. The highest BCUT2D eigenvalue weighted by molar-refractivity contribution is 7.20. The minimum Gasteiger partial charge on any atom is -0.364 e. The third kappa shape index (κ3) is 5.31. The number of carbonyl (C=O) groups excluding carboxylic acids is 1. The van der Waals surface area contributed by atoms with Crippen LogP contribution in [0.3, 0.4) is 0 Å². The van der Waals surface area contributed by atoms with E-state index in [-0.39, 0.29) is 30.4 Å². The van der Waals surface area contributed by atoms with Crippen molar-refractivity contribution in [3.05, 3.63) is 66.0 Å². The van der Waals surface area contributed by atoms with Gasteiger partial charge in [-0.1, -0.05) is 59.9 Å². The van der Waals surface area contributed by atoms with Gasteiger partial charge in [-0.2, -0.15) is 4.52 Å². The second-order valence-corrected chi connectivity index (χ2v) is 9.79. The van der Waals surface area contributed by atoms with Crippen LogP contribution in [-0.2, 0) is 11.3 Å². The van der Waals surface area contributed by atoms with Crippen molar-refractivity contribution in [1.82, 2.24) is 19.9 Å². The number of imidazole rings is 1. The number of hydrogen-bond acceptors (Lipinski definition) is 6. The van der Waals surface area contributed by atoms with Gasteiger partial charge in [-0.25, -0.2) is 9.37 Å². The zero-order valence-corrected chi connectivity index (χ0v) is 19.9. The van der Waals surface area contributed by atoms with Crippen molar-refractivity contribution in [3.8, 4) is 11.3 Å². The monoisotopic (exact) mass is 466 g/mol. The molecule has 0 aliphatic carbocycles. The fourth-order valence-corrected chi connectivity index (χ4v) is 4.19. The molecule has 4 rings (SSSR count). The minimum atomic E-state index is -0.333. The maximum Gasteiger partial charge on any atom is 0.239 e. The van der Waals surface area contributed by atoms with E-state index in [1.807, 2.05) is 30.3 Å². The van der Waals surface area contributed by atoms with E-state index in [2.05, 4.69) is 31.4 Å². The molecule has 9 heteroatoms. The highest BCUT2D eigenvalue weighted by Crippen LogP contribution is 2.34. The molecule has 2 heterocycles. The van der Waals surface area contributed by atoms with E-state index in [0.29, 0.717) is 10.7 Å². The van der Waals surface area contributed by atoms with E-state index in [0.717, 1.165) is 22.0 Å². The molecule has 2 N–H and O–H groups in total. The van der Waals surface area contributed by atoms with Gasteiger partial charge in [-0.3, -0.25) is 4.79 Å². The Morgan fingerprint density at radius 3 is 2.52 bits per heavy atom. The van der Waals surface area contributed by atoms with Gasteiger partial charge in [-0.05, 0) is 26.8 Å². The summed E-state index contributed by atoms with van der Waals surface area (Å²) < 4.78 is 15.6. The Labute approximate surface area is 196 Å². The molecule has 2 aromatic heterocycles. The van der Waals surface area contributed by atoms with E-state index >= 15 is 0 Å². The van der Waals surface area contributed by atoms with E-state index in [1.54, 1.807) is 34.7 Å². The van der Waals surface area contributed by atoms with E-state index < -0.39 is 0 Å². The van der Waals surface area contributed by atoms with E-state index in [4.69, 9.17) is 10.1 Å². The number of aromatic nitrogens is 3. The summed E-state index contributed by atoms with van der Waals surface area (Å²) in [4.78, 5) is 19.7. The summed E-state index contributed by atoms with van der Waals surface area (Å²) >= 11 is 1.41. The largest absolute Gasteiger partial charge is 0.364 e. The molecular formula is C24H27FN6OS. The minimum absolute atomic E-state index is 0.0959. The predicted octanol–water partition coefficient (Wildman–Crippen LogP) is 4.56. The molecule has 0 radical (unpaired) electrons. The fraction of sp³-hybridized carbons (Fsp3) is 0.292. The van der Waals surface area contributed by atoms with Crippen LogP contribution >= 0.6 is 11.3 Å². The van der Waals surface area contributed by atoms with Gasteiger partial charge in [0, 0.05) is 30.3 Å². The van der Waals surface area contributed by atoms with Crippen molar-refractivity contribution in [2.45, 2.75) is 32.9 Å². The predicted molar refractivity (Wildman–Crippen MR) is 131 cm³/mol. The Bertz CT molecular complexity index is 1260. The summed E-state index contributed by atoms with van der Waals surface area (Å²) in [5.41, 5.74) is 2.10. The number of amides is 1. The van der Waals surface area contributed by atoms with Crippen LogP contribution in [0.25, 0.3) is 16.2 Å². The summed E-state index contributed by atoms with van der Waals surface area (Å²) in [6.45, 7) is 6.49. The number of halogens is 1. The van der Waals surface area contributed by atoms with Gasteiger partial charge in [0.15, 0.2) is 5.82 Å². The Kier molecular flexibility index (Phi) is 6.33. The number of carbonyl (C=O) groups is 1. The number of rotatable bonds is 7. The maximum atomic E-state index is 13.8. The smallest absolute Gasteiger partial charge is 0.239 e. The Morgan fingerprint density at radius 1 is 1.12 bits per heavy atom. The van der Waals surface area contributed by atoms with Crippen molar-refractivity contribution < 1.29 is 9.18 Å². The van der Waals surface area contributed by atoms with Crippen molar-refractivity contribution in [3.63, 3.8) is 0 Å². The van der Waals surface area contributed by atoms with Crippen LogP contribution in [0, 0.1) is 5.82 Å². The Morgan fingerprint density at radius 2 is 1.82 bits per heavy atom. The molecule has 0 spiro atoms. The number of likely N-dealkylation sites (N-methyl/N-ethyl adjacent to an activating group) is 1. The van der Waals surface area contributed by atoms with Crippen LogP contribution in [0.15, 0.2) is 54.6 Å². The van der Waals surface area contributed by atoms with Crippen molar-refractivity contribution in [2.75, 3.05) is 23.8 Å². The van der Waals surface area contributed by atoms with Crippen LogP contribution in [0.4, 0.5) is 15.3 Å². The Balaban J connectivity index is 1.53. The average molecular weight is 467 g/mol. The van der Waals surface area contributed by atoms with Crippen molar-refractivity contribution >= 4 is 33.2 Å². The van der Waals surface area contributed by atoms with Crippen LogP contribution < -0.4 is 15.5 Å². The standard InChI is InChI=1S/C24H27FN6OS/c1-24(2,3)28-21-20(16-10-6-5-7-11-16)27-22-31(21)29-23(33-22)30(4)15-19(32)26-14-17-12-8-9-13-18(17)25/h5-13,28H,14-15H2,1-4H3,(H,26,32). The average Bonchev–Trinajstić information content (AvgIpc) is 3.32. The summed E-state index contributed by atoms with van der Waals surface area (Å²) in [7, 11) is 1.80. The van der Waals surface area contributed by atoms with Gasteiger partial charge in [0.2, 0.25) is 16.0 Å². The van der Waals surface area contributed by atoms with E-state index in [1.165, 1.54) is 17.4 Å². The normalized spacial score (nSPS) is 11.5. The highest BCUT2D eigenvalue weighted by Gasteiger charge is 2.23. The lowest BCUT2D eigenvalue weighted by molar-refractivity contribution is -0.119. The van der Waals surface area contributed by atoms with Crippen LogP contribution in [0.5, 0.6) is 0 Å². The van der Waals surface area contributed by atoms with Gasteiger partial charge in [0.05, 0.1) is 6.54 Å². The molecule has 0 unspecified atom stereocenters. The van der Waals surface area contributed by atoms with Gasteiger partial charge in [0.1, 0.15) is 11.5 Å². The van der Waals surface area contributed by atoms with Gasteiger partial charge in [-0.15, -0.1) is 5.10 Å². The molecule has 33 heavy (non-hydrogen) atoms. The number of hydrogen-bond donors (Lipinski definition) is 2. The number of anilines is 2. The first-order valence-electron chi connectivity index (χ1n) is 10.7. The lowest BCUT2D eigenvalue weighted by atomic mass is 10.1. The summed E-state index contributed by atoms with van der Waals surface area (Å²) in [5.74, 6) is 0.260. The maximum absolute atomic E-state index is 13.8. The number of nitrogens with one attached hydrogen (secondary N) is 2. The third-order valence-electron chi connectivity index (χ3n) is 4.87. The second kappa shape index (κ2) is 9.19. The first-order chi connectivity index (χ1) is 15.7. The fourth-order valence-electron chi connectivity index (χ4n) is 3.33. The van der Waals surface area contributed by atoms with Crippen LogP contribution in [0.2, 0.25) is 0 Å². The van der Waals surface area contributed by atoms with Gasteiger partial charge >= 0.3 is 0 Å². The van der Waals surface area contributed by atoms with Crippen LogP contribution in [0.1, 0.15) is 26.3 Å². The molecule has 0 saturated heterocycles. The molecule has 2 aromatic carbocycles. The molecular weight excluding hydrogens is 439 g/mol. The summed E-state index contributed by atoms with van der Waals surface area (Å²) in [6, 6.07) is 16.4. The van der Waals surface area contributed by atoms with Crippen molar-refractivity contribution in [1.29, 1.82) is 0 Å². The quantitative estimate of drug-likeness (QED) is 0.418. The number of nitrogens with zero attached hydrogens (tertiary/aromatic N) is 4. The molecule has 0 fully saturated rings. The topological polar surface area (TPSA) is 74.6 Å². The molecule has 0 saturated carbocycles. The number of benzene rings is 2. The molecule has 1 amide bonds. The molecule has 0 atom stereocenters. The summed E-state index contributed by atoms with van der Waals surface area (Å²) in [5, 5.41) is 11.7. The lowest BCUT2D eigenvalue weighted by Crippen LogP contribution is -2.35. The molecule has 172 valence electrons. The van der Waals surface area contributed by atoms with Crippen molar-refractivity contribution in [2.24, 2.45) is 0 Å². The Hall–Kier alpha value is -3.46. The number of fused-ring (bicyclic) bond motifs is 1. The van der Waals surface area contributed by atoms with E-state index in [9.17, 15) is 9.18 Å². The molecule has 4 aromatic rings. The second-order valence-electron chi connectivity index (χ2n) is 8.85. The first kappa shape index (κ1) is 22.7. The van der Waals surface area contributed by atoms with Gasteiger partial charge < -0.3 is 15.5 Å². The SMILES string of the molecule is CN(CC(=O)NCc1ccccc1F)c1nn2c(NC(C)(C)C)c(-c3ccccc3)nc2s1. The zero-order valence-electron chi connectivity index (χ0n) is 19.1. The molecule has 0 aliphatic rings.